The number of carbonyl (C=O) groups is 1. The van der Waals surface area contributed by atoms with Gasteiger partial charge < -0.3 is 14.7 Å². The molecule has 0 spiro atoms. The number of benzene rings is 1. The molecule has 2 N–H and O–H groups in total. The van der Waals surface area contributed by atoms with Gasteiger partial charge in [0.15, 0.2) is 5.03 Å². The van der Waals surface area contributed by atoms with E-state index < -0.39 is 0 Å². The third-order valence-corrected chi connectivity index (χ3v) is 3.91. The summed E-state index contributed by atoms with van der Waals surface area (Å²) < 4.78 is 5.13. The number of nitrogens with zero attached hydrogens (tertiary/aromatic N) is 1. The molecule has 2 heterocycles. The molecule has 7 heteroatoms. The van der Waals surface area contributed by atoms with Crippen molar-refractivity contribution in [3.8, 4) is 0 Å². The first kappa shape index (κ1) is 14.4. The van der Waals surface area contributed by atoms with Crippen LogP contribution in [0.3, 0.4) is 0 Å². The number of hydrogen-bond donors (Lipinski definition) is 2. The second-order valence-corrected chi connectivity index (χ2v) is 5.50. The Morgan fingerprint density at radius 2 is 2.14 bits per heavy atom. The highest BCUT2D eigenvalue weighted by Gasteiger charge is 2.09. The smallest absolute Gasteiger partial charge is 0.280 e. The number of hydrogen-bond acceptors (Lipinski definition) is 5. The average Bonchev–Trinajstić information content (AvgIpc) is 3.04. The number of para-hydroxylation sites is 2. The van der Waals surface area contributed by atoms with Crippen molar-refractivity contribution in [3.63, 3.8) is 0 Å². The van der Waals surface area contributed by atoms with Crippen LogP contribution in [-0.4, -0.2) is 21.6 Å². The molecule has 1 amide bonds. The van der Waals surface area contributed by atoms with Crippen molar-refractivity contribution in [1.82, 2.24) is 15.3 Å². The summed E-state index contributed by atoms with van der Waals surface area (Å²) >= 11 is 1.11. The number of rotatable bonds is 5. The number of carbonyl (C=O) groups excluding carboxylic acids is 1. The van der Waals surface area contributed by atoms with Crippen molar-refractivity contribution in [2.45, 2.75) is 11.6 Å². The first-order valence-electron chi connectivity index (χ1n) is 6.63. The van der Waals surface area contributed by atoms with Gasteiger partial charge in [0.2, 0.25) is 5.91 Å². The van der Waals surface area contributed by atoms with E-state index in [2.05, 4.69) is 15.3 Å². The number of fused-ring (bicyclic) bond motifs is 1. The van der Waals surface area contributed by atoms with Crippen LogP contribution in [0.5, 0.6) is 0 Å². The zero-order valence-corrected chi connectivity index (χ0v) is 12.4. The predicted molar refractivity (Wildman–Crippen MR) is 83.6 cm³/mol. The van der Waals surface area contributed by atoms with Crippen molar-refractivity contribution < 1.29 is 9.21 Å². The fourth-order valence-electron chi connectivity index (χ4n) is 1.89. The van der Waals surface area contributed by atoms with Crippen LogP contribution in [0.1, 0.15) is 5.76 Å². The lowest BCUT2D eigenvalue weighted by atomic mass is 10.3. The lowest BCUT2D eigenvalue weighted by Gasteiger charge is -2.03. The van der Waals surface area contributed by atoms with E-state index in [1.165, 1.54) is 0 Å². The van der Waals surface area contributed by atoms with Crippen LogP contribution in [0.2, 0.25) is 0 Å². The fraction of sp³-hybridized carbons (Fsp3) is 0.133. The molecule has 0 bridgehead atoms. The molecule has 0 fully saturated rings. The molecule has 0 aliphatic rings. The molecule has 3 aromatic rings. The molecule has 6 nitrogen and oxygen atoms in total. The average molecular weight is 315 g/mol. The van der Waals surface area contributed by atoms with Gasteiger partial charge in [-0.3, -0.25) is 9.59 Å². The Kier molecular flexibility index (Phi) is 4.24. The molecule has 0 radical (unpaired) electrons. The normalized spacial score (nSPS) is 10.7. The minimum atomic E-state index is -0.289. The zero-order chi connectivity index (χ0) is 15.4. The highest BCUT2D eigenvalue weighted by Crippen LogP contribution is 2.14. The van der Waals surface area contributed by atoms with E-state index >= 15 is 0 Å². The van der Waals surface area contributed by atoms with Crippen LogP contribution < -0.4 is 10.9 Å². The van der Waals surface area contributed by atoms with Gasteiger partial charge in [0.05, 0.1) is 29.6 Å². The molecule has 3 rings (SSSR count). The van der Waals surface area contributed by atoms with Gasteiger partial charge in [-0.15, -0.1) is 0 Å². The van der Waals surface area contributed by atoms with E-state index in [9.17, 15) is 9.59 Å². The summed E-state index contributed by atoms with van der Waals surface area (Å²) in [7, 11) is 0. The van der Waals surface area contributed by atoms with Gasteiger partial charge >= 0.3 is 0 Å². The van der Waals surface area contributed by atoms with Crippen LogP contribution >= 0.6 is 11.8 Å². The van der Waals surface area contributed by atoms with E-state index in [4.69, 9.17) is 4.42 Å². The van der Waals surface area contributed by atoms with Gasteiger partial charge in [0.1, 0.15) is 5.76 Å². The fourth-order valence-corrected chi connectivity index (χ4v) is 2.61. The van der Waals surface area contributed by atoms with E-state index in [1.807, 2.05) is 18.2 Å². The Hall–Kier alpha value is -2.54. The summed E-state index contributed by atoms with van der Waals surface area (Å²) in [6.07, 6.45) is 1.55. The Morgan fingerprint density at radius 1 is 1.27 bits per heavy atom. The quantitative estimate of drug-likeness (QED) is 0.702. The van der Waals surface area contributed by atoms with E-state index in [-0.39, 0.29) is 22.2 Å². The lowest BCUT2D eigenvalue weighted by molar-refractivity contribution is -0.118. The van der Waals surface area contributed by atoms with Crippen molar-refractivity contribution in [1.29, 1.82) is 0 Å². The van der Waals surface area contributed by atoms with E-state index in [1.54, 1.807) is 24.5 Å². The molecule has 1 aromatic carbocycles. The molecular formula is C15H13N3O3S. The third kappa shape index (κ3) is 3.37. The Labute approximate surface area is 129 Å². The molecule has 0 aliphatic heterocycles. The Balaban J connectivity index is 1.62. The summed E-state index contributed by atoms with van der Waals surface area (Å²) in [5, 5.41) is 3.00. The summed E-state index contributed by atoms with van der Waals surface area (Å²) in [4.78, 5) is 30.7. The first-order chi connectivity index (χ1) is 10.7. The minimum absolute atomic E-state index is 0.120. The number of H-pyrrole nitrogens is 1. The molecule has 0 atom stereocenters. The number of furan rings is 1. The Morgan fingerprint density at radius 3 is 2.95 bits per heavy atom. The SMILES string of the molecule is O=C(CSc1nc2ccccc2[nH]c1=O)NCc1ccco1. The van der Waals surface area contributed by atoms with Crippen LogP contribution in [0.25, 0.3) is 11.0 Å². The summed E-state index contributed by atoms with van der Waals surface area (Å²) in [6, 6.07) is 10.8. The van der Waals surface area contributed by atoms with E-state index in [0.29, 0.717) is 23.3 Å². The van der Waals surface area contributed by atoms with Crippen molar-refractivity contribution >= 4 is 28.7 Å². The van der Waals surface area contributed by atoms with Crippen molar-refractivity contribution in [2.75, 3.05) is 5.75 Å². The maximum Gasteiger partial charge on any atom is 0.280 e. The Bertz CT molecular complexity index is 843. The van der Waals surface area contributed by atoms with Gasteiger partial charge in [0, 0.05) is 0 Å². The van der Waals surface area contributed by atoms with E-state index in [0.717, 1.165) is 11.8 Å². The predicted octanol–water partition coefficient (Wildman–Crippen LogP) is 1.92. The second-order valence-electron chi connectivity index (χ2n) is 4.53. The molecule has 0 saturated heterocycles. The first-order valence-corrected chi connectivity index (χ1v) is 7.62. The minimum Gasteiger partial charge on any atom is -0.467 e. The molecule has 22 heavy (non-hydrogen) atoms. The van der Waals surface area contributed by atoms with Gasteiger partial charge in [-0.2, -0.15) is 0 Å². The number of thioether (sulfide) groups is 1. The molecule has 2 aromatic heterocycles. The second kappa shape index (κ2) is 6.48. The van der Waals surface area contributed by atoms with Crippen molar-refractivity contribution in [2.24, 2.45) is 0 Å². The summed E-state index contributed by atoms with van der Waals surface area (Å²) in [5.74, 6) is 0.616. The largest absolute Gasteiger partial charge is 0.467 e. The highest BCUT2D eigenvalue weighted by atomic mass is 32.2. The van der Waals surface area contributed by atoms with Gasteiger partial charge in [-0.05, 0) is 24.3 Å². The van der Waals surface area contributed by atoms with Crippen LogP contribution in [0.4, 0.5) is 0 Å². The van der Waals surface area contributed by atoms with Gasteiger partial charge in [-0.1, -0.05) is 23.9 Å². The molecule has 0 aliphatic carbocycles. The monoisotopic (exact) mass is 315 g/mol. The zero-order valence-electron chi connectivity index (χ0n) is 11.5. The number of aromatic nitrogens is 2. The van der Waals surface area contributed by atoms with Crippen LogP contribution in [-0.2, 0) is 11.3 Å². The topological polar surface area (TPSA) is 88.0 Å². The number of aromatic amines is 1. The summed E-state index contributed by atoms with van der Waals surface area (Å²) in [6.45, 7) is 0.327. The van der Waals surface area contributed by atoms with Crippen molar-refractivity contribution in [3.05, 3.63) is 58.8 Å². The summed E-state index contributed by atoms with van der Waals surface area (Å²) in [5.41, 5.74) is 1.09. The maximum atomic E-state index is 11.9. The van der Waals surface area contributed by atoms with Crippen LogP contribution in [0, 0.1) is 0 Å². The van der Waals surface area contributed by atoms with Gasteiger partial charge in [-0.25, -0.2) is 4.98 Å². The number of amides is 1. The highest BCUT2D eigenvalue weighted by molar-refractivity contribution is 7.99. The number of nitrogens with one attached hydrogen (secondary N) is 2. The standard InChI is InChI=1S/C15H13N3O3S/c19-13(16-8-10-4-3-7-21-10)9-22-15-14(20)17-11-5-1-2-6-12(11)18-15/h1-7H,8-9H2,(H,16,19)(H,17,20). The van der Waals surface area contributed by atoms with Gasteiger partial charge in [0.25, 0.3) is 5.56 Å². The van der Waals surface area contributed by atoms with Crippen LogP contribution in [0.15, 0.2) is 56.9 Å². The molecule has 112 valence electrons. The lowest BCUT2D eigenvalue weighted by Crippen LogP contribution is -2.25. The maximum absolute atomic E-state index is 11.9. The molecule has 0 unspecified atom stereocenters. The third-order valence-electron chi connectivity index (χ3n) is 2.95. The molecule has 0 saturated carbocycles. The molecular weight excluding hydrogens is 302 g/mol.